The number of carbonyl (C=O) groups is 1. The van der Waals surface area contributed by atoms with Gasteiger partial charge in [0.15, 0.2) is 0 Å². The van der Waals surface area contributed by atoms with E-state index in [2.05, 4.69) is 10.1 Å². The van der Waals surface area contributed by atoms with Crippen LogP contribution >= 0.6 is 11.3 Å². The molecule has 0 bridgehead atoms. The van der Waals surface area contributed by atoms with Gasteiger partial charge in [-0.1, -0.05) is 6.07 Å². The molecule has 3 rings (SSSR count). The van der Waals surface area contributed by atoms with E-state index in [0.29, 0.717) is 0 Å². The monoisotopic (exact) mass is 348 g/mol. The molecule has 0 aliphatic heterocycles. The Bertz CT molecular complexity index is 821. The van der Waals surface area contributed by atoms with Crippen LogP contribution < -0.4 is 4.90 Å². The first-order valence-corrected chi connectivity index (χ1v) is 8.07. The molecule has 0 fully saturated rings. The molecule has 0 saturated heterocycles. The second kappa shape index (κ2) is 6.88. The van der Waals surface area contributed by atoms with Gasteiger partial charge in [-0.05, 0) is 30.5 Å². The first-order chi connectivity index (χ1) is 11.6. The molecule has 3 aromatic rings. The summed E-state index contributed by atoms with van der Waals surface area (Å²) in [4.78, 5) is 18.9. The summed E-state index contributed by atoms with van der Waals surface area (Å²) in [6.45, 7) is 1.85. The van der Waals surface area contributed by atoms with E-state index < -0.39 is 17.7 Å². The van der Waals surface area contributed by atoms with Gasteiger partial charge in [-0.3, -0.25) is 4.79 Å². The maximum absolute atomic E-state index is 14.2. The van der Waals surface area contributed by atoms with Crippen molar-refractivity contribution < 1.29 is 13.6 Å². The van der Waals surface area contributed by atoms with Gasteiger partial charge in [-0.25, -0.2) is 18.4 Å². The van der Waals surface area contributed by atoms with Crippen LogP contribution in [0.2, 0.25) is 0 Å². The Morgan fingerprint density at radius 3 is 2.83 bits per heavy atom. The summed E-state index contributed by atoms with van der Waals surface area (Å²) in [6.07, 6.45) is 2.75. The van der Waals surface area contributed by atoms with Gasteiger partial charge < -0.3 is 4.90 Å². The van der Waals surface area contributed by atoms with Crippen molar-refractivity contribution in [1.29, 1.82) is 0 Å². The summed E-state index contributed by atoms with van der Waals surface area (Å²) >= 11 is 1.46. The molecule has 1 atom stereocenters. The van der Waals surface area contributed by atoms with Crippen molar-refractivity contribution >= 4 is 22.9 Å². The molecule has 0 aliphatic carbocycles. The van der Waals surface area contributed by atoms with Gasteiger partial charge in [0.1, 0.15) is 30.3 Å². The summed E-state index contributed by atoms with van der Waals surface area (Å²) in [7, 11) is 0. The molecule has 124 valence electrons. The van der Waals surface area contributed by atoms with Crippen molar-refractivity contribution in [2.45, 2.75) is 19.5 Å². The number of hydrogen-bond donors (Lipinski definition) is 0. The Morgan fingerprint density at radius 2 is 2.21 bits per heavy atom. The summed E-state index contributed by atoms with van der Waals surface area (Å²) in [6, 6.07) is 6.20. The molecule has 5 nitrogen and oxygen atoms in total. The van der Waals surface area contributed by atoms with Crippen LogP contribution in [-0.2, 0) is 11.3 Å². The van der Waals surface area contributed by atoms with Crippen molar-refractivity contribution in [3.05, 3.63) is 64.9 Å². The predicted molar refractivity (Wildman–Crippen MR) is 86.6 cm³/mol. The van der Waals surface area contributed by atoms with Crippen LogP contribution in [0.3, 0.4) is 0 Å². The second-order valence-corrected chi connectivity index (χ2v) is 6.18. The minimum Gasteiger partial charge on any atom is -0.302 e. The number of anilines is 1. The number of carbonyl (C=O) groups excluding carboxylic acids is 1. The number of thiophene rings is 1. The number of hydrogen-bond acceptors (Lipinski definition) is 4. The standard InChI is InChI=1S/C16H14F2N4OS/c1-11(22-10-19-9-20-22)16(23)21(8-13-3-2-6-24-13)15-5-4-12(17)7-14(15)18/h2-7,9-11H,8H2,1H3/t11-/m0/s1. The molecule has 2 heterocycles. The Kier molecular flexibility index (Phi) is 4.66. The normalized spacial score (nSPS) is 12.1. The van der Waals surface area contributed by atoms with E-state index in [1.807, 2.05) is 17.5 Å². The third-order valence-corrected chi connectivity index (χ3v) is 4.41. The van der Waals surface area contributed by atoms with Gasteiger partial charge in [0, 0.05) is 10.9 Å². The summed E-state index contributed by atoms with van der Waals surface area (Å²) in [5.41, 5.74) is 0.0294. The molecule has 1 amide bonds. The van der Waals surface area contributed by atoms with Crippen molar-refractivity contribution in [3.8, 4) is 0 Å². The Hall–Kier alpha value is -2.61. The van der Waals surface area contributed by atoms with Crippen molar-refractivity contribution in [2.75, 3.05) is 4.90 Å². The average molecular weight is 348 g/mol. The lowest BCUT2D eigenvalue weighted by Crippen LogP contribution is -2.36. The summed E-state index contributed by atoms with van der Waals surface area (Å²) in [5, 5.41) is 5.83. The molecule has 0 saturated carbocycles. The van der Waals surface area contributed by atoms with Gasteiger partial charge in [0.2, 0.25) is 0 Å². The van der Waals surface area contributed by atoms with E-state index in [0.717, 1.165) is 17.0 Å². The highest BCUT2D eigenvalue weighted by molar-refractivity contribution is 7.09. The zero-order valence-corrected chi connectivity index (χ0v) is 13.6. The van der Waals surface area contributed by atoms with Crippen LogP contribution in [0.25, 0.3) is 0 Å². The van der Waals surface area contributed by atoms with E-state index in [1.165, 1.54) is 39.6 Å². The smallest absolute Gasteiger partial charge is 0.252 e. The maximum atomic E-state index is 14.2. The quantitative estimate of drug-likeness (QED) is 0.710. The Balaban J connectivity index is 1.96. The molecular weight excluding hydrogens is 334 g/mol. The SMILES string of the molecule is C[C@@H](C(=O)N(Cc1cccs1)c1ccc(F)cc1F)n1cncn1. The van der Waals surface area contributed by atoms with Gasteiger partial charge in [0.05, 0.1) is 12.2 Å². The van der Waals surface area contributed by atoms with Crippen molar-refractivity contribution in [2.24, 2.45) is 0 Å². The van der Waals surface area contributed by atoms with Gasteiger partial charge in [0.25, 0.3) is 5.91 Å². The van der Waals surface area contributed by atoms with Gasteiger partial charge in [-0.15, -0.1) is 11.3 Å². The van der Waals surface area contributed by atoms with Gasteiger partial charge in [-0.2, -0.15) is 5.10 Å². The molecule has 8 heteroatoms. The molecule has 1 aromatic carbocycles. The van der Waals surface area contributed by atoms with Crippen LogP contribution in [-0.4, -0.2) is 20.7 Å². The largest absolute Gasteiger partial charge is 0.302 e. The summed E-state index contributed by atoms with van der Waals surface area (Å²) in [5.74, 6) is -1.84. The lowest BCUT2D eigenvalue weighted by molar-refractivity contribution is -0.121. The molecule has 0 unspecified atom stereocenters. The fourth-order valence-corrected chi connectivity index (χ4v) is 2.99. The molecule has 24 heavy (non-hydrogen) atoms. The second-order valence-electron chi connectivity index (χ2n) is 5.15. The van der Waals surface area contributed by atoms with Crippen LogP contribution in [0, 0.1) is 11.6 Å². The number of amides is 1. The third-order valence-electron chi connectivity index (χ3n) is 3.55. The number of benzene rings is 1. The first-order valence-electron chi connectivity index (χ1n) is 7.19. The highest BCUT2D eigenvalue weighted by Crippen LogP contribution is 2.26. The van der Waals surface area contributed by atoms with Crippen LogP contribution in [0.15, 0.2) is 48.4 Å². The lowest BCUT2D eigenvalue weighted by Gasteiger charge is -2.26. The molecule has 0 aliphatic rings. The van der Waals surface area contributed by atoms with E-state index in [1.54, 1.807) is 6.92 Å². The number of nitrogens with zero attached hydrogens (tertiary/aromatic N) is 4. The minimum atomic E-state index is -0.786. The molecular formula is C16H14F2N4OS. The number of aromatic nitrogens is 3. The average Bonchev–Trinajstić information content (AvgIpc) is 3.25. The molecule has 0 N–H and O–H groups in total. The van der Waals surface area contributed by atoms with E-state index in [4.69, 9.17) is 0 Å². The molecule has 0 spiro atoms. The highest BCUT2D eigenvalue weighted by Gasteiger charge is 2.26. The number of halogens is 2. The zero-order chi connectivity index (χ0) is 17.1. The van der Waals surface area contributed by atoms with Crippen LogP contribution in [0.4, 0.5) is 14.5 Å². The number of rotatable bonds is 5. The maximum Gasteiger partial charge on any atom is 0.252 e. The third kappa shape index (κ3) is 3.33. The topological polar surface area (TPSA) is 51.0 Å². The predicted octanol–water partition coefficient (Wildman–Crippen LogP) is 3.41. The van der Waals surface area contributed by atoms with Crippen LogP contribution in [0.5, 0.6) is 0 Å². The van der Waals surface area contributed by atoms with Gasteiger partial charge >= 0.3 is 0 Å². The lowest BCUT2D eigenvalue weighted by atomic mass is 10.2. The van der Waals surface area contributed by atoms with E-state index in [9.17, 15) is 13.6 Å². The Morgan fingerprint density at radius 1 is 1.38 bits per heavy atom. The fourth-order valence-electron chi connectivity index (χ4n) is 2.30. The van der Waals surface area contributed by atoms with E-state index >= 15 is 0 Å². The highest BCUT2D eigenvalue weighted by atomic mass is 32.1. The summed E-state index contributed by atoms with van der Waals surface area (Å²) < 4.78 is 28.8. The van der Waals surface area contributed by atoms with E-state index in [-0.39, 0.29) is 18.1 Å². The fraction of sp³-hybridized carbons (Fsp3) is 0.188. The van der Waals surface area contributed by atoms with Crippen molar-refractivity contribution in [1.82, 2.24) is 14.8 Å². The molecule has 0 radical (unpaired) electrons. The zero-order valence-electron chi connectivity index (χ0n) is 12.8. The van der Waals surface area contributed by atoms with Crippen LogP contribution in [0.1, 0.15) is 17.8 Å². The Labute approximate surface area is 141 Å². The first kappa shape index (κ1) is 16.3. The molecule has 2 aromatic heterocycles. The minimum absolute atomic E-state index is 0.0294. The van der Waals surface area contributed by atoms with Crippen molar-refractivity contribution in [3.63, 3.8) is 0 Å².